The van der Waals surface area contributed by atoms with Crippen LogP contribution in [-0.4, -0.2) is 21.7 Å². The van der Waals surface area contributed by atoms with Crippen LogP contribution in [0.3, 0.4) is 0 Å². The lowest BCUT2D eigenvalue weighted by molar-refractivity contribution is -0.121. The Morgan fingerprint density at radius 1 is 1.04 bits per heavy atom. The number of hydrogen-bond acceptors (Lipinski definition) is 2. The van der Waals surface area contributed by atoms with Gasteiger partial charge in [0.05, 0.1) is 6.20 Å². The molecule has 0 bridgehead atoms. The molecule has 0 saturated heterocycles. The van der Waals surface area contributed by atoms with Gasteiger partial charge in [-0.25, -0.2) is 0 Å². The predicted octanol–water partition coefficient (Wildman–Crippen LogP) is 3.77. The molecule has 0 fully saturated rings. The lowest BCUT2D eigenvalue weighted by Crippen LogP contribution is -2.34. The quantitative estimate of drug-likeness (QED) is 0.707. The number of carbonyl (C=O) groups excluding carboxylic acids is 1. The number of rotatable bonds is 7. The molecule has 26 heavy (non-hydrogen) atoms. The Bertz CT molecular complexity index is 837. The molecule has 3 aromatic rings. The Kier molecular flexibility index (Phi) is 5.84. The van der Waals surface area contributed by atoms with E-state index in [4.69, 9.17) is 0 Å². The zero-order valence-electron chi connectivity index (χ0n) is 15.4. The van der Waals surface area contributed by atoms with Crippen molar-refractivity contribution in [2.45, 2.75) is 32.2 Å². The van der Waals surface area contributed by atoms with Crippen molar-refractivity contribution in [1.82, 2.24) is 15.1 Å². The zero-order chi connectivity index (χ0) is 18.4. The summed E-state index contributed by atoms with van der Waals surface area (Å²) in [6, 6.07) is 19.0. The van der Waals surface area contributed by atoms with E-state index in [1.807, 2.05) is 44.6 Å². The molecule has 1 heterocycles. The molecule has 0 radical (unpaired) electrons. The summed E-state index contributed by atoms with van der Waals surface area (Å²) in [7, 11) is 1.88. The Hall–Kier alpha value is -2.88. The number of benzene rings is 2. The van der Waals surface area contributed by atoms with Crippen molar-refractivity contribution < 1.29 is 4.79 Å². The van der Waals surface area contributed by atoms with Gasteiger partial charge in [-0.2, -0.15) is 5.10 Å². The number of nitrogens with one attached hydrogen (secondary N) is 1. The second kappa shape index (κ2) is 8.48. The maximum Gasteiger partial charge on any atom is 0.220 e. The number of aromatic nitrogens is 2. The molecule has 0 aliphatic carbocycles. The second-order valence-corrected chi connectivity index (χ2v) is 6.76. The highest BCUT2D eigenvalue weighted by atomic mass is 16.1. The van der Waals surface area contributed by atoms with Crippen LogP contribution < -0.4 is 5.32 Å². The highest BCUT2D eigenvalue weighted by Crippen LogP contribution is 2.19. The van der Waals surface area contributed by atoms with E-state index < -0.39 is 0 Å². The lowest BCUT2D eigenvalue weighted by atomic mass is 10.0. The molecule has 1 unspecified atom stereocenters. The first-order valence-corrected chi connectivity index (χ1v) is 9.01. The van der Waals surface area contributed by atoms with Gasteiger partial charge in [-0.15, -0.1) is 0 Å². The van der Waals surface area contributed by atoms with Crippen molar-refractivity contribution in [2.24, 2.45) is 7.05 Å². The molecule has 0 saturated carbocycles. The fourth-order valence-corrected chi connectivity index (χ4v) is 3.07. The summed E-state index contributed by atoms with van der Waals surface area (Å²) in [5.41, 5.74) is 4.75. The minimum absolute atomic E-state index is 0.0854. The van der Waals surface area contributed by atoms with E-state index in [9.17, 15) is 4.79 Å². The fraction of sp³-hybridized carbons (Fsp3) is 0.273. The van der Waals surface area contributed by atoms with Gasteiger partial charge in [-0.1, -0.05) is 54.6 Å². The molecule has 4 heteroatoms. The smallest absolute Gasteiger partial charge is 0.220 e. The number of aryl methyl sites for hydroxylation is 2. The average Bonchev–Trinajstić information content (AvgIpc) is 3.07. The van der Waals surface area contributed by atoms with Crippen LogP contribution in [0.5, 0.6) is 0 Å². The van der Waals surface area contributed by atoms with Crippen LogP contribution >= 0.6 is 0 Å². The van der Waals surface area contributed by atoms with Crippen molar-refractivity contribution in [3.8, 4) is 11.1 Å². The van der Waals surface area contributed by atoms with E-state index in [1.54, 1.807) is 4.68 Å². The van der Waals surface area contributed by atoms with E-state index in [-0.39, 0.29) is 11.9 Å². The summed E-state index contributed by atoms with van der Waals surface area (Å²) in [6.45, 7) is 2.05. The predicted molar refractivity (Wildman–Crippen MR) is 105 cm³/mol. The molecule has 1 aromatic heterocycles. The molecule has 0 spiro atoms. The summed E-state index contributed by atoms with van der Waals surface area (Å²) >= 11 is 0. The van der Waals surface area contributed by atoms with E-state index in [2.05, 4.69) is 46.8 Å². The van der Waals surface area contributed by atoms with Gasteiger partial charge in [0.2, 0.25) is 5.91 Å². The number of hydrogen-bond donors (Lipinski definition) is 1. The molecular formula is C22H25N3O. The third-order valence-electron chi connectivity index (χ3n) is 4.41. The summed E-state index contributed by atoms with van der Waals surface area (Å²) in [6.07, 6.45) is 5.80. The number of nitrogens with zero attached hydrogens (tertiary/aromatic N) is 2. The normalized spacial score (nSPS) is 11.9. The van der Waals surface area contributed by atoms with Crippen LogP contribution in [-0.2, 0) is 24.7 Å². The maximum absolute atomic E-state index is 12.1. The molecule has 4 nitrogen and oxygen atoms in total. The third-order valence-corrected chi connectivity index (χ3v) is 4.41. The summed E-state index contributed by atoms with van der Waals surface area (Å²) < 4.78 is 1.76. The van der Waals surface area contributed by atoms with Crippen molar-refractivity contribution in [1.29, 1.82) is 0 Å². The minimum atomic E-state index is 0.0854. The van der Waals surface area contributed by atoms with Gasteiger partial charge in [0.15, 0.2) is 0 Å². The van der Waals surface area contributed by atoms with Crippen LogP contribution in [0, 0.1) is 0 Å². The third kappa shape index (κ3) is 5.06. The van der Waals surface area contributed by atoms with Crippen molar-refractivity contribution >= 4 is 5.91 Å². The maximum atomic E-state index is 12.1. The van der Waals surface area contributed by atoms with Crippen molar-refractivity contribution in [2.75, 3.05) is 0 Å². The van der Waals surface area contributed by atoms with Gasteiger partial charge in [0.1, 0.15) is 0 Å². The Balaban J connectivity index is 1.48. The Labute approximate surface area is 154 Å². The molecule has 1 N–H and O–H groups in total. The van der Waals surface area contributed by atoms with E-state index in [0.717, 1.165) is 18.4 Å². The molecular weight excluding hydrogens is 322 g/mol. The first kappa shape index (κ1) is 17.9. The van der Waals surface area contributed by atoms with Crippen molar-refractivity contribution in [3.05, 3.63) is 78.1 Å². The topological polar surface area (TPSA) is 46.9 Å². The molecule has 3 rings (SSSR count). The zero-order valence-corrected chi connectivity index (χ0v) is 15.4. The first-order valence-electron chi connectivity index (χ1n) is 9.01. The molecule has 1 amide bonds. The average molecular weight is 347 g/mol. The van der Waals surface area contributed by atoms with Crippen LogP contribution in [0.15, 0.2) is 67.0 Å². The van der Waals surface area contributed by atoms with Gasteiger partial charge in [-0.05, 0) is 42.0 Å². The van der Waals surface area contributed by atoms with E-state index >= 15 is 0 Å². The largest absolute Gasteiger partial charge is 0.353 e. The summed E-state index contributed by atoms with van der Waals surface area (Å²) in [4.78, 5) is 12.1. The van der Waals surface area contributed by atoms with Gasteiger partial charge < -0.3 is 5.32 Å². The van der Waals surface area contributed by atoms with Crippen LogP contribution in [0.25, 0.3) is 11.1 Å². The van der Waals surface area contributed by atoms with E-state index in [0.29, 0.717) is 6.42 Å². The molecule has 0 aliphatic rings. The summed E-state index contributed by atoms with van der Waals surface area (Å²) in [5.74, 6) is 0.0854. The van der Waals surface area contributed by atoms with Gasteiger partial charge in [0.25, 0.3) is 0 Å². The monoisotopic (exact) mass is 347 g/mol. The highest BCUT2D eigenvalue weighted by molar-refractivity contribution is 5.76. The molecule has 1 atom stereocenters. The van der Waals surface area contributed by atoms with Gasteiger partial charge in [0, 0.05) is 25.7 Å². The highest BCUT2D eigenvalue weighted by Gasteiger charge is 2.09. The second-order valence-electron chi connectivity index (χ2n) is 6.76. The van der Waals surface area contributed by atoms with Crippen molar-refractivity contribution in [3.63, 3.8) is 0 Å². The minimum Gasteiger partial charge on any atom is -0.353 e. The number of carbonyl (C=O) groups is 1. The number of amides is 1. The van der Waals surface area contributed by atoms with Crippen LogP contribution in [0.2, 0.25) is 0 Å². The standard InChI is InChI=1S/C22H25N3O/c1-17(24-22(26)13-10-19-15-23-25(2)16-19)14-18-8-11-21(12-9-18)20-6-4-3-5-7-20/h3-9,11-12,15-17H,10,13-14H2,1-2H3,(H,24,26). The SMILES string of the molecule is CC(Cc1ccc(-c2ccccc2)cc1)NC(=O)CCc1cnn(C)c1. The Morgan fingerprint density at radius 3 is 2.38 bits per heavy atom. The summed E-state index contributed by atoms with van der Waals surface area (Å²) in [5, 5.41) is 7.21. The van der Waals surface area contributed by atoms with E-state index in [1.165, 1.54) is 16.7 Å². The first-order chi connectivity index (χ1) is 12.6. The van der Waals surface area contributed by atoms with Crippen LogP contribution in [0.1, 0.15) is 24.5 Å². The Morgan fingerprint density at radius 2 is 1.73 bits per heavy atom. The molecule has 2 aromatic carbocycles. The fourth-order valence-electron chi connectivity index (χ4n) is 3.07. The molecule has 134 valence electrons. The van der Waals surface area contributed by atoms with Gasteiger partial charge >= 0.3 is 0 Å². The van der Waals surface area contributed by atoms with Crippen LogP contribution in [0.4, 0.5) is 0 Å². The van der Waals surface area contributed by atoms with Gasteiger partial charge in [-0.3, -0.25) is 9.48 Å². The lowest BCUT2D eigenvalue weighted by Gasteiger charge is -2.14. The molecule has 0 aliphatic heterocycles.